The average Bonchev–Trinajstić information content (AvgIpc) is 3.51. The van der Waals surface area contributed by atoms with Crippen LogP contribution in [-0.4, -0.2) is 83.2 Å². The van der Waals surface area contributed by atoms with Gasteiger partial charge in [-0.1, -0.05) is 6.58 Å². The lowest BCUT2D eigenvalue weighted by atomic mass is 9.88. The van der Waals surface area contributed by atoms with E-state index in [-0.39, 0.29) is 28.9 Å². The number of ether oxygens (including phenoxy) is 1. The van der Waals surface area contributed by atoms with E-state index in [1.54, 1.807) is 6.07 Å². The van der Waals surface area contributed by atoms with Gasteiger partial charge in [0.25, 0.3) is 5.56 Å². The van der Waals surface area contributed by atoms with Crippen LogP contribution in [0.25, 0.3) is 16.6 Å². The number of piperazine rings is 1. The van der Waals surface area contributed by atoms with Gasteiger partial charge in [0.1, 0.15) is 11.5 Å². The van der Waals surface area contributed by atoms with Crippen LogP contribution in [-0.2, 0) is 21.3 Å². The van der Waals surface area contributed by atoms with Crippen LogP contribution in [0.3, 0.4) is 0 Å². The normalized spacial score (nSPS) is 16.5. The standard InChI is InChI=1S/C31H35F3N8O4S/c1-20-15-24(3-4-26(20)40-10-7-35-8-11-40)38-30-37-17-23-16-25(21(2)22-5-13-46-14-6-22)29(43)41(28(23)39-30)18-27-36-9-12-42(27)47(44,45)19-31(32,33)34/h3-4,9,12,15-17,22,35H,2,5-8,10-11,13-14,18-19H2,1H3,(H,37,38,39). The lowest BCUT2D eigenvalue weighted by molar-refractivity contribution is -0.106. The molecule has 1 aromatic carbocycles. The van der Waals surface area contributed by atoms with Crippen molar-refractivity contribution in [3.05, 3.63) is 76.7 Å². The van der Waals surface area contributed by atoms with Gasteiger partial charge in [-0.15, -0.1) is 0 Å². The van der Waals surface area contributed by atoms with Gasteiger partial charge >= 0.3 is 6.18 Å². The molecule has 3 aromatic heterocycles. The number of rotatable bonds is 9. The summed E-state index contributed by atoms with van der Waals surface area (Å²) in [7, 11) is -4.87. The summed E-state index contributed by atoms with van der Waals surface area (Å²) in [5, 5.41) is 6.98. The second-order valence-electron chi connectivity index (χ2n) is 11.7. The first-order valence-electron chi connectivity index (χ1n) is 15.2. The smallest absolute Gasteiger partial charge is 0.381 e. The second kappa shape index (κ2) is 13.1. The summed E-state index contributed by atoms with van der Waals surface area (Å²) in [6.07, 6.45) is -0.0828. The molecule has 4 aromatic rings. The van der Waals surface area contributed by atoms with Crippen LogP contribution in [0.15, 0.2) is 54.2 Å². The summed E-state index contributed by atoms with van der Waals surface area (Å²) in [4.78, 5) is 29.5. The lowest BCUT2D eigenvalue weighted by Gasteiger charge is -2.30. The van der Waals surface area contributed by atoms with Crippen LogP contribution in [0, 0.1) is 12.8 Å². The Bertz CT molecular complexity index is 1960. The number of nitrogens with zero attached hydrogens (tertiary/aromatic N) is 6. The van der Waals surface area contributed by atoms with Crippen LogP contribution in [0.2, 0.25) is 0 Å². The van der Waals surface area contributed by atoms with Gasteiger partial charge in [-0.2, -0.15) is 18.2 Å². The van der Waals surface area contributed by atoms with Crippen molar-refractivity contribution in [3.8, 4) is 0 Å². The third-order valence-corrected chi connectivity index (χ3v) is 10.0. The minimum absolute atomic E-state index is 0.0224. The van der Waals surface area contributed by atoms with E-state index < -0.39 is 34.1 Å². The number of anilines is 3. The number of alkyl halides is 3. The topological polar surface area (TPSA) is 136 Å². The highest BCUT2D eigenvalue weighted by molar-refractivity contribution is 7.90. The zero-order valence-corrected chi connectivity index (χ0v) is 26.6. The number of hydrogen-bond acceptors (Lipinski definition) is 10. The van der Waals surface area contributed by atoms with Gasteiger partial charge in [0, 0.05) is 80.3 Å². The summed E-state index contributed by atoms with van der Waals surface area (Å²) < 4.78 is 72.0. The van der Waals surface area contributed by atoms with Crippen molar-refractivity contribution >= 4 is 44.0 Å². The van der Waals surface area contributed by atoms with Crippen LogP contribution in [0.4, 0.5) is 30.5 Å². The van der Waals surface area contributed by atoms with Gasteiger partial charge in [-0.05, 0) is 61.1 Å². The number of pyridine rings is 1. The summed E-state index contributed by atoms with van der Waals surface area (Å²) in [6.45, 7) is 10.4. The molecule has 6 rings (SSSR count). The number of benzene rings is 1. The van der Waals surface area contributed by atoms with Crippen LogP contribution in [0.5, 0.6) is 0 Å². The van der Waals surface area contributed by atoms with Gasteiger partial charge < -0.3 is 20.3 Å². The molecule has 0 aliphatic carbocycles. The number of aryl methyl sites for hydroxylation is 1. The highest BCUT2D eigenvalue weighted by atomic mass is 32.2. The molecule has 16 heteroatoms. The van der Waals surface area contributed by atoms with Crippen LogP contribution < -0.4 is 21.1 Å². The summed E-state index contributed by atoms with van der Waals surface area (Å²) in [5.74, 6) is -2.21. The van der Waals surface area contributed by atoms with E-state index in [0.717, 1.165) is 49.8 Å². The first-order chi connectivity index (χ1) is 22.4. The van der Waals surface area contributed by atoms with E-state index in [0.29, 0.717) is 46.7 Å². The van der Waals surface area contributed by atoms with E-state index in [2.05, 4.69) is 37.1 Å². The molecule has 2 saturated heterocycles. The van der Waals surface area contributed by atoms with Gasteiger partial charge in [0.2, 0.25) is 16.0 Å². The Labute approximate surface area is 269 Å². The molecule has 2 aliphatic rings. The molecule has 2 N–H and O–H groups in total. The average molecular weight is 673 g/mol. The molecular formula is C31H35F3N8O4S. The molecule has 0 radical (unpaired) electrons. The second-order valence-corrected chi connectivity index (χ2v) is 13.6. The molecule has 0 bridgehead atoms. The molecule has 12 nitrogen and oxygen atoms in total. The minimum atomic E-state index is -4.97. The fourth-order valence-corrected chi connectivity index (χ4v) is 7.31. The Kier molecular flexibility index (Phi) is 9.09. The quantitative estimate of drug-likeness (QED) is 0.271. The lowest BCUT2D eigenvalue weighted by Crippen LogP contribution is -2.43. The zero-order valence-electron chi connectivity index (χ0n) is 25.8. The maximum atomic E-state index is 14.1. The van der Waals surface area contributed by atoms with Crippen molar-refractivity contribution in [1.82, 2.24) is 28.8 Å². The summed E-state index contributed by atoms with van der Waals surface area (Å²) in [5.41, 5.74) is 3.38. The maximum absolute atomic E-state index is 14.1. The Morgan fingerprint density at radius 2 is 1.89 bits per heavy atom. The number of fused-ring (bicyclic) bond motifs is 1. The number of halogens is 3. The monoisotopic (exact) mass is 672 g/mol. The molecule has 250 valence electrons. The molecule has 47 heavy (non-hydrogen) atoms. The predicted octanol–water partition coefficient (Wildman–Crippen LogP) is 3.68. The van der Waals surface area contributed by atoms with Crippen molar-refractivity contribution in [2.45, 2.75) is 32.5 Å². The number of hydrogen-bond donors (Lipinski definition) is 2. The van der Waals surface area contributed by atoms with Gasteiger partial charge in [0.05, 0.1) is 6.54 Å². The van der Waals surface area contributed by atoms with E-state index in [1.165, 1.54) is 10.8 Å². The highest BCUT2D eigenvalue weighted by Crippen LogP contribution is 2.30. The largest absolute Gasteiger partial charge is 0.404 e. The fraction of sp³-hybridized carbons (Fsp3) is 0.419. The Morgan fingerprint density at radius 3 is 2.60 bits per heavy atom. The molecule has 5 heterocycles. The van der Waals surface area contributed by atoms with E-state index in [9.17, 15) is 26.4 Å². The van der Waals surface area contributed by atoms with Gasteiger partial charge in [-0.3, -0.25) is 9.36 Å². The SMILES string of the molecule is C=C(c1cc2cnc(Nc3ccc(N4CCNCC4)c(C)c3)nc2n(Cc2nccn2S(=O)(=O)CC(F)(F)F)c1=O)C1CCOCC1. The summed E-state index contributed by atoms with van der Waals surface area (Å²) in [6, 6.07) is 7.56. The molecule has 0 amide bonds. The summed E-state index contributed by atoms with van der Waals surface area (Å²) >= 11 is 0. The van der Waals surface area contributed by atoms with E-state index >= 15 is 0 Å². The first-order valence-corrected chi connectivity index (χ1v) is 16.8. The minimum Gasteiger partial charge on any atom is -0.381 e. The third kappa shape index (κ3) is 7.18. The molecule has 2 aliphatic heterocycles. The molecule has 2 fully saturated rings. The van der Waals surface area contributed by atoms with Crippen LogP contribution in [0.1, 0.15) is 29.8 Å². The van der Waals surface area contributed by atoms with E-state index in [1.807, 2.05) is 25.1 Å². The zero-order chi connectivity index (χ0) is 33.3. The molecule has 0 saturated carbocycles. The van der Waals surface area contributed by atoms with Crippen molar-refractivity contribution in [1.29, 1.82) is 0 Å². The molecular weight excluding hydrogens is 637 g/mol. The molecule has 0 atom stereocenters. The third-order valence-electron chi connectivity index (χ3n) is 8.42. The number of nitrogens with one attached hydrogen (secondary N) is 2. The Morgan fingerprint density at radius 1 is 1.15 bits per heavy atom. The van der Waals surface area contributed by atoms with Crippen molar-refractivity contribution < 1.29 is 26.3 Å². The fourth-order valence-electron chi connectivity index (χ4n) is 6.09. The number of imidazole rings is 1. The van der Waals surface area contributed by atoms with E-state index in [4.69, 9.17) is 4.74 Å². The maximum Gasteiger partial charge on any atom is 0.404 e. The predicted molar refractivity (Wildman–Crippen MR) is 172 cm³/mol. The number of allylic oxidation sites excluding steroid dienone is 1. The van der Waals surface area contributed by atoms with Gasteiger partial charge in [-0.25, -0.2) is 22.4 Å². The Balaban J connectivity index is 1.39. The first kappa shape index (κ1) is 32.7. The number of aromatic nitrogens is 5. The highest BCUT2D eigenvalue weighted by Gasteiger charge is 2.37. The van der Waals surface area contributed by atoms with Gasteiger partial charge in [0.15, 0.2) is 5.75 Å². The molecule has 0 spiro atoms. The van der Waals surface area contributed by atoms with Crippen molar-refractivity contribution in [2.75, 3.05) is 55.4 Å². The Hall–Kier alpha value is -4.28. The van der Waals surface area contributed by atoms with Crippen molar-refractivity contribution in [3.63, 3.8) is 0 Å². The molecule has 0 unspecified atom stereocenters. The van der Waals surface area contributed by atoms with Crippen LogP contribution >= 0.6 is 0 Å². The van der Waals surface area contributed by atoms with Crippen molar-refractivity contribution in [2.24, 2.45) is 5.92 Å².